The van der Waals surface area contributed by atoms with Crippen LogP contribution in [0.2, 0.25) is 0 Å². The minimum atomic E-state index is 0.374. The number of hydrogen-bond donors (Lipinski definition) is 0. The number of halogens is 1. The number of nitrogens with zero attached hydrogens (tertiary/aromatic N) is 3. The van der Waals surface area contributed by atoms with E-state index in [-0.39, 0.29) is 0 Å². The Hall–Kier alpha value is -1.16. The Bertz CT molecular complexity index is 445. The van der Waals surface area contributed by atoms with Crippen molar-refractivity contribution in [1.82, 2.24) is 14.8 Å². The Morgan fingerprint density at radius 3 is 2.47 bits per heavy atom. The molecule has 1 aromatic carbocycles. The van der Waals surface area contributed by atoms with E-state index in [1.54, 1.807) is 6.33 Å². The van der Waals surface area contributed by atoms with Gasteiger partial charge in [0.25, 0.3) is 0 Å². The quantitative estimate of drug-likeness (QED) is 0.835. The Kier molecular flexibility index (Phi) is 2.86. The molecule has 0 fully saturated rings. The van der Waals surface area contributed by atoms with Crippen LogP contribution in [0.5, 0.6) is 0 Å². The summed E-state index contributed by atoms with van der Waals surface area (Å²) in [5, 5.41) is 8.08. The molecule has 0 aliphatic heterocycles. The van der Waals surface area contributed by atoms with Crippen LogP contribution in [0.4, 0.5) is 0 Å². The van der Waals surface area contributed by atoms with E-state index >= 15 is 0 Å². The summed E-state index contributed by atoms with van der Waals surface area (Å²) in [5.41, 5.74) is 1.09. The summed E-state index contributed by atoms with van der Waals surface area (Å²) in [6.07, 6.45) is 1.77. The molecule has 4 heteroatoms. The third-order valence-corrected chi connectivity index (χ3v) is 2.76. The lowest BCUT2D eigenvalue weighted by molar-refractivity contribution is 0.604. The van der Waals surface area contributed by atoms with Gasteiger partial charge in [-0.05, 0) is 26.0 Å². The zero-order valence-corrected chi connectivity index (χ0v) is 10.3. The number of rotatable bonds is 2. The van der Waals surface area contributed by atoms with Crippen LogP contribution in [-0.4, -0.2) is 14.8 Å². The first kappa shape index (κ1) is 10.4. The van der Waals surface area contributed by atoms with E-state index in [4.69, 9.17) is 0 Å². The van der Waals surface area contributed by atoms with E-state index in [1.165, 1.54) is 0 Å². The predicted octanol–water partition coefficient (Wildman–Crippen LogP) is 3.29. The zero-order chi connectivity index (χ0) is 10.8. The van der Waals surface area contributed by atoms with E-state index in [0.717, 1.165) is 15.9 Å². The van der Waals surface area contributed by atoms with E-state index in [9.17, 15) is 0 Å². The molecule has 3 nitrogen and oxygen atoms in total. The van der Waals surface area contributed by atoms with Crippen molar-refractivity contribution in [2.45, 2.75) is 19.9 Å². The lowest BCUT2D eigenvalue weighted by Gasteiger charge is -2.09. The van der Waals surface area contributed by atoms with Crippen LogP contribution in [0.1, 0.15) is 19.9 Å². The highest BCUT2D eigenvalue weighted by Gasteiger charge is 2.08. The molecule has 2 rings (SSSR count). The molecular formula is C11H12BrN3. The first-order valence-electron chi connectivity index (χ1n) is 4.84. The standard InChI is InChI=1S/C11H12BrN3/c1-8(2)15-7-13-14-11(15)9-3-5-10(12)6-4-9/h3-8H,1-2H3. The van der Waals surface area contributed by atoms with Gasteiger partial charge in [-0.2, -0.15) is 0 Å². The smallest absolute Gasteiger partial charge is 0.163 e. The fourth-order valence-electron chi connectivity index (χ4n) is 1.43. The maximum atomic E-state index is 4.14. The van der Waals surface area contributed by atoms with Crippen molar-refractivity contribution >= 4 is 15.9 Å². The first-order chi connectivity index (χ1) is 7.18. The predicted molar refractivity (Wildman–Crippen MR) is 63.5 cm³/mol. The Labute approximate surface area is 97.3 Å². The third kappa shape index (κ3) is 2.09. The second-order valence-corrected chi connectivity index (χ2v) is 4.58. The minimum absolute atomic E-state index is 0.374. The van der Waals surface area contributed by atoms with E-state index in [1.807, 2.05) is 24.3 Å². The van der Waals surface area contributed by atoms with Crippen LogP contribution in [0.25, 0.3) is 11.4 Å². The van der Waals surface area contributed by atoms with E-state index in [2.05, 4.69) is 44.5 Å². The molecule has 0 saturated heterocycles. The van der Waals surface area contributed by atoms with E-state index < -0.39 is 0 Å². The van der Waals surface area contributed by atoms with Crippen molar-refractivity contribution in [1.29, 1.82) is 0 Å². The molecule has 1 aromatic heterocycles. The van der Waals surface area contributed by atoms with Gasteiger partial charge in [-0.1, -0.05) is 28.1 Å². The van der Waals surface area contributed by atoms with Crippen LogP contribution in [0.3, 0.4) is 0 Å². The van der Waals surface area contributed by atoms with Gasteiger partial charge in [0, 0.05) is 16.1 Å². The van der Waals surface area contributed by atoms with Crippen LogP contribution in [0.15, 0.2) is 35.1 Å². The van der Waals surface area contributed by atoms with Gasteiger partial charge in [-0.3, -0.25) is 0 Å². The molecule has 15 heavy (non-hydrogen) atoms. The molecule has 0 atom stereocenters. The molecule has 0 amide bonds. The van der Waals surface area contributed by atoms with E-state index in [0.29, 0.717) is 6.04 Å². The molecule has 0 saturated carbocycles. The summed E-state index contributed by atoms with van der Waals surface area (Å²) in [4.78, 5) is 0. The molecule has 0 spiro atoms. The van der Waals surface area contributed by atoms with Crippen LogP contribution >= 0.6 is 15.9 Å². The lowest BCUT2D eigenvalue weighted by Crippen LogP contribution is -2.01. The highest BCUT2D eigenvalue weighted by molar-refractivity contribution is 9.10. The second kappa shape index (κ2) is 4.14. The highest BCUT2D eigenvalue weighted by Crippen LogP contribution is 2.21. The summed E-state index contributed by atoms with van der Waals surface area (Å²) in [5.74, 6) is 0.914. The van der Waals surface area contributed by atoms with Crippen molar-refractivity contribution in [3.8, 4) is 11.4 Å². The van der Waals surface area contributed by atoms with Crippen LogP contribution in [-0.2, 0) is 0 Å². The Morgan fingerprint density at radius 2 is 1.87 bits per heavy atom. The number of hydrogen-bond acceptors (Lipinski definition) is 2. The lowest BCUT2D eigenvalue weighted by atomic mass is 10.2. The van der Waals surface area contributed by atoms with Gasteiger partial charge in [0.05, 0.1) is 0 Å². The van der Waals surface area contributed by atoms with Gasteiger partial charge >= 0.3 is 0 Å². The molecule has 0 unspecified atom stereocenters. The zero-order valence-electron chi connectivity index (χ0n) is 8.68. The largest absolute Gasteiger partial charge is 0.311 e. The molecular weight excluding hydrogens is 254 g/mol. The summed E-state index contributed by atoms with van der Waals surface area (Å²) in [6, 6.07) is 8.46. The summed E-state index contributed by atoms with van der Waals surface area (Å²) in [7, 11) is 0. The normalized spacial score (nSPS) is 10.9. The van der Waals surface area contributed by atoms with Gasteiger partial charge in [0.15, 0.2) is 5.82 Å². The molecule has 1 heterocycles. The van der Waals surface area contributed by atoms with Crippen LogP contribution < -0.4 is 0 Å². The average Bonchev–Trinajstić information content (AvgIpc) is 2.67. The summed E-state index contributed by atoms with van der Waals surface area (Å²) < 4.78 is 3.13. The van der Waals surface area contributed by atoms with Crippen LogP contribution in [0, 0.1) is 0 Å². The SMILES string of the molecule is CC(C)n1cnnc1-c1ccc(Br)cc1. The number of aromatic nitrogens is 3. The van der Waals surface area contributed by atoms with Crippen molar-refractivity contribution in [3.63, 3.8) is 0 Å². The maximum absolute atomic E-state index is 4.14. The minimum Gasteiger partial charge on any atom is -0.311 e. The molecule has 0 aliphatic carbocycles. The average molecular weight is 266 g/mol. The molecule has 0 radical (unpaired) electrons. The molecule has 0 aliphatic rings. The first-order valence-corrected chi connectivity index (χ1v) is 5.63. The van der Waals surface area contributed by atoms with Crippen molar-refractivity contribution in [2.24, 2.45) is 0 Å². The topological polar surface area (TPSA) is 30.7 Å². The Morgan fingerprint density at radius 1 is 1.20 bits per heavy atom. The molecule has 0 N–H and O–H groups in total. The fourth-order valence-corrected chi connectivity index (χ4v) is 1.69. The highest BCUT2D eigenvalue weighted by atomic mass is 79.9. The van der Waals surface area contributed by atoms with Gasteiger partial charge in [0.2, 0.25) is 0 Å². The van der Waals surface area contributed by atoms with Crippen molar-refractivity contribution in [3.05, 3.63) is 35.1 Å². The number of benzene rings is 1. The van der Waals surface area contributed by atoms with Gasteiger partial charge in [0.1, 0.15) is 6.33 Å². The summed E-state index contributed by atoms with van der Waals surface area (Å²) >= 11 is 3.41. The monoisotopic (exact) mass is 265 g/mol. The Balaban J connectivity index is 2.45. The maximum Gasteiger partial charge on any atom is 0.163 e. The molecule has 0 bridgehead atoms. The van der Waals surface area contributed by atoms with Gasteiger partial charge < -0.3 is 4.57 Å². The summed E-state index contributed by atoms with van der Waals surface area (Å²) in [6.45, 7) is 4.23. The van der Waals surface area contributed by atoms with Crippen molar-refractivity contribution < 1.29 is 0 Å². The second-order valence-electron chi connectivity index (χ2n) is 3.66. The molecule has 78 valence electrons. The third-order valence-electron chi connectivity index (χ3n) is 2.23. The van der Waals surface area contributed by atoms with Gasteiger partial charge in [-0.25, -0.2) is 0 Å². The molecule has 2 aromatic rings. The van der Waals surface area contributed by atoms with Gasteiger partial charge in [-0.15, -0.1) is 10.2 Å². The fraction of sp³-hybridized carbons (Fsp3) is 0.273. The van der Waals surface area contributed by atoms with Crippen molar-refractivity contribution in [2.75, 3.05) is 0 Å².